The second-order valence-electron chi connectivity index (χ2n) is 6.17. The Hall–Kier alpha value is -2.80. The van der Waals surface area contributed by atoms with Crippen LogP contribution in [0.25, 0.3) is 6.08 Å². The predicted molar refractivity (Wildman–Crippen MR) is 95.2 cm³/mol. The minimum atomic E-state index is -0.380. The first-order chi connectivity index (χ1) is 11.8. The minimum absolute atomic E-state index is 0.111. The van der Waals surface area contributed by atoms with Gasteiger partial charge in [0, 0.05) is 24.1 Å². The number of nitrogens with zero attached hydrogens (tertiary/aromatic N) is 2. The van der Waals surface area contributed by atoms with E-state index in [0.29, 0.717) is 11.7 Å². The van der Waals surface area contributed by atoms with Crippen molar-refractivity contribution < 1.29 is 4.79 Å². The van der Waals surface area contributed by atoms with Crippen LogP contribution in [0.15, 0.2) is 54.4 Å². The van der Waals surface area contributed by atoms with E-state index in [1.54, 1.807) is 18.2 Å². The number of aromatic nitrogens is 1. The van der Waals surface area contributed by atoms with Gasteiger partial charge in [-0.25, -0.2) is 0 Å². The molecule has 0 aliphatic heterocycles. The summed E-state index contributed by atoms with van der Waals surface area (Å²) in [6.45, 7) is 0. The smallest absolute Gasteiger partial charge is 0.266 e. The van der Waals surface area contributed by atoms with E-state index in [0.717, 1.165) is 5.56 Å². The second kappa shape index (κ2) is 7.65. The van der Waals surface area contributed by atoms with Crippen LogP contribution in [-0.4, -0.2) is 10.5 Å². The largest absolute Gasteiger partial charge is 0.351 e. The van der Waals surface area contributed by atoms with E-state index in [4.69, 9.17) is 0 Å². The molecule has 0 saturated heterocycles. The molecule has 3 rings (SSSR count). The van der Waals surface area contributed by atoms with Crippen molar-refractivity contribution in [1.82, 2.24) is 4.57 Å². The molecule has 0 spiro atoms. The first kappa shape index (κ1) is 16.1. The van der Waals surface area contributed by atoms with Gasteiger partial charge < -0.3 is 9.88 Å². The topological polar surface area (TPSA) is 57.8 Å². The van der Waals surface area contributed by atoms with Gasteiger partial charge in [0.15, 0.2) is 0 Å². The number of hydrogen-bond acceptors (Lipinski definition) is 2. The van der Waals surface area contributed by atoms with Crippen molar-refractivity contribution in [2.45, 2.75) is 38.1 Å². The first-order valence-electron chi connectivity index (χ1n) is 8.42. The summed E-state index contributed by atoms with van der Waals surface area (Å²) in [6.07, 6.45) is 12.0. The van der Waals surface area contributed by atoms with E-state index in [1.165, 1.54) is 32.1 Å². The lowest BCUT2D eigenvalue weighted by atomic mass is 9.95. The lowest BCUT2D eigenvalue weighted by molar-refractivity contribution is -0.112. The highest BCUT2D eigenvalue weighted by molar-refractivity contribution is 6.09. The number of rotatable bonds is 4. The zero-order chi connectivity index (χ0) is 16.8. The SMILES string of the molecule is N#C/C(=C\c1ccn(C2CCCCC2)c1)C(=O)Nc1ccccc1. The maximum Gasteiger partial charge on any atom is 0.266 e. The molecule has 1 N–H and O–H groups in total. The van der Waals surface area contributed by atoms with E-state index in [9.17, 15) is 10.1 Å². The molecule has 1 aliphatic rings. The van der Waals surface area contributed by atoms with Crippen molar-refractivity contribution in [3.05, 3.63) is 59.9 Å². The average molecular weight is 319 g/mol. The van der Waals surface area contributed by atoms with Crippen LogP contribution < -0.4 is 5.32 Å². The fourth-order valence-electron chi connectivity index (χ4n) is 3.16. The lowest BCUT2D eigenvalue weighted by Crippen LogP contribution is -2.13. The van der Waals surface area contributed by atoms with Crippen LogP contribution in [-0.2, 0) is 4.79 Å². The van der Waals surface area contributed by atoms with E-state index < -0.39 is 0 Å². The number of anilines is 1. The summed E-state index contributed by atoms with van der Waals surface area (Å²) < 4.78 is 2.22. The zero-order valence-corrected chi connectivity index (χ0v) is 13.6. The summed E-state index contributed by atoms with van der Waals surface area (Å²) in [4.78, 5) is 12.2. The van der Waals surface area contributed by atoms with Crippen LogP contribution in [0.5, 0.6) is 0 Å². The normalized spacial score (nSPS) is 15.7. The van der Waals surface area contributed by atoms with Crippen molar-refractivity contribution in [3.8, 4) is 6.07 Å². The molecule has 1 aromatic carbocycles. The molecule has 1 aromatic heterocycles. The Morgan fingerprint density at radius 3 is 2.62 bits per heavy atom. The van der Waals surface area contributed by atoms with Gasteiger partial charge in [-0.2, -0.15) is 5.26 Å². The minimum Gasteiger partial charge on any atom is -0.351 e. The molecule has 0 unspecified atom stereocenters. The number of carbonyl (C=O) groups is 1. The molecule has 0 radical (unpaired) electrons. The third kappa shape index (κ3) is 3.94. The fourth-order valence-corrected chi connectivity index (χ4v) is 3.16. The standard InChI is InChI=1S/C20H21N3O/c21-14-17(20(24)22-18-7-3-1-4-8-18)13-16-11-12-23(15-16)19-9-5-2-6-10-19/h1,3-4,7-8,11-13,15,19H,2,5-6,9-10H2,(H,22,24)/b17-13+. The quantitative estimate of drug-likeness (QED) is 0.664. The molecule has 1 heterocycles. The van der Waals surface area contributed by atoms with E-state index in [1.807, 2.05) is 42.7 Å². The summed E-state index contributed by atoms with van der Waals surface area (Å²) in [5.74, 6) is -0.380. The van der Waals surface area contributed by atoms with Crippen LogP contribution >= 0.6 is 0 Å². The van der Waals surface area contributed by atoms with Crippen molar-refractivity contribution in [3.63, 3.8) is 0 Å². The fraction of sp³-hybridized carbons (Fsp3) is 0.300. The van der Waals surface area contributed by atoms with Gasteiger partial charge in [-0.3, -0.25) is 4.79 Å². The van der Waals surface area contributed by atoms with Gasteiger partial charge in [0.25, 0.3) is 5.91 Å². The Bertz CT molecular complexity index is 762. The molecule has 1 fully saturated rings. The van der Waals surface area contributed by atoms with E-state index in [-0.39, 0.29) is 11.5 Å². The Kier molecular flexibility index (Phi) is 5.12. The van der Waals surface area contributed by atoms with Crippen LogP contribution in [0, 0.1) is 11.3 Å². The predicted octanol–water partition coefficient (Wildman–Crippen LogP) is 4.54. The van der Waals surface area contributed by atoms with Crippen LogP contribution in [0.1, 0.15) is 43.7 Å². The summed E-state index contributed by atoms with van der Waals surface area (Å²) >= 11 is 0. The Balaban J connectivity index is 1.72. The Morgan fingerprint density at radius 2 is 1.92 bits per heavy atom. The average Bonchev–Trinajstić information content (AvgIpc) is 3.10. The van der Waals surface area contributed by atoms with Gasteiger partial charge in [0.05, 0.1) is 0 Å². The van der Waals surface area contributed by atoms with Crippen LogP contribution in [0.4, 0.5) is 5.69 Å². The highest BCUT2D eigenvalue weighted by atomic mass is 16.1. The van der Waals surface area contributed by atoms with Gasteiger partial charge in [-0.05, 0) is 42.7 Å². The number of carbonyl (C=O) groups excluding carboxylic acids is 1. The van der Waals surface area contributed by atoms with Gasteiger partial charge >= 0.3 is 0 Å². The molecule has 0 bridgehead atoms. The molecule has 4 heteroatoms. The third-order valence-corrected chi connectivity index (χ3v) is 4.44. The summed E-state index contributed by atoms with van der Waals surface area (Å²) in [5.41, 5.74) is 1.68. The molecule has 4 nitrogen and oxygen atoms in total. The van der Waals surface area contributed by atoms with Gasteiger partial charge in [-0.1, -0.05) is 37.5 Å². The van der Waals surface area contributed by atoms with Crippen LogP contribution in [0.2, 0.25) is 0 Å². The van der Waals surface area contributed by atoms with Gasteiger partial charge in [0.2, 0.25) is 0 Å². The van der Waals surface area contributed by atoms with Crippen molar-refractivity contribution >= 4 is 17.7 Å². The summed E-state index contributed by atoms with van der Waals surface area (Å²) in [6, 6.07) is 13.7. The number of para-hydroxylation sites is 1. The Morgan fingerprint density at radius 1 is 1.17 bits per heavy atom. The summed E-state index contributed by atoms with van der Waals surface area (Å²) in [7, 11) is 0. The molecule has 1 aliphatic carbocycles. The molecule has 2 aromatic rings. The molecule has 0 atom stereocenters. The lowest BCUT2D eigenvalue weighted by Gasteiger charge is -2.23. The van der Waals surface area contributed by atoms with E-state index in [2.05, 4.69) is 9.88 Å². The maximum atomic E-state index is 12.2. The monoisotopic (exact) mass is 319 g/mol. The van der Waals surface area contributed by atoms with Crippen molar-refractivity contribution in [2.75, 3.05) is 5.32 Å². The molecule has 1 saturated carbocycles. The molecular weight excluding hydrogens is 298 g/mol. The molecule has 122 valence electrons. The van der Waals surface area contributed by atoms with Gasteiger partial charge in [0.1, 0.15) is 11.6 Å². The number of nitriles is 1. The van der Waals surface area contributed by atoms with E-state index >= 15 is 0 Å². The maximum absolute atomic E-state index is 12.2. The zero-order valence-electron chi connectivity index (χ0n) is 13.6. The number of hydrogen-bond donors (Lipinski definition) is 1. The highest BCUT2D eigenvalue weighted by Crippen LogP contribution is 2.28. The molecule has 1 amide bonds. The summed E-state index contributed by atoms with van der Waals surface area (Å²) in [5, 5.41) is 12.1. The number of benzene rings is 1. The Labute approximate surface area is 142 Å². The number of amides is 1. The molecule has 24 heavy (non-hydrogen) atoms. The second-order valence-corrected chi connectivity index (χ2v) is 6.17. The van der Waals surface area contributed by atoms with Crippen molar-refractivity contribution in [2.24, 2.45) is 0 Å². The van der Waals surface area contributed by atoms with Crippen molar-refractivity contribution in [1.29, 1.82) is 5.26 Å². The van der Waals surface area contributed by atoms with Gasteiger partial charge in [-0.15, -0.1) is 0 Å². The first-order valence-corrected chi connectivity index (χ1v) is 8.42. The number of nitrogens with one attached hydrogen (secondary N) is 1. The van der Waals surface area contributed by atoms with Crippen LogP contribution in [0.3, 0.4) is 0 Å². The third-order valence-electron chi connectivity index (χ3n) is 4.44. The molecular formula is C20H21N3O. The highest BCUT2D eigenvalue weighted by Gasteiger charge is 2.15.